The number of likely N-dealkylation sites (N-methyl/N-ethyl adjacent to an activating group) is 1. The van der Waals surface area contributed by atoms with Gasteiger partial charge >= 0.3 is 0 Å². The molecule has 134 valence electrons. The zero-order valence-electron chi connectivity index (χ0n) is 14.9. The standard InChI is InChI=1S/C20H22FN5/c1-26(2)13-12-22-20-24-18(15-6-4-3-5-7-15)14-19(25-20)23-17-10-8-16(21)9-11-17/h3-11,14H,12-13H2,1-2H3,(H2,22,23,24,25). The number of nitrogens with zero attached hydrogens (tertiary/aromatic N) is 3. The van der Waals surface area contributed by atoms with Crippen molar-refractivity contribution in [2.24, 2.45) is 0 Å². The number of hydrogen-bond acceptors (Lipinski definition) is 5. The van der Waals surface area contributed by atoms with E-state index in [1.807, 2.05) is 50.5 Å². The van der Waals surface area contributed by atoms with E-state index in [1.165, 1.54) is 12.1 Å². The fourth-order valence-corrected chi connectivity index (χ4v) is 2.42. The molecular formula is C20H22FN5. The fraction of sp³-hybridized carbons (Fsp3) is 0.200. The van der Waals surface area contributed by atoms with Crippen molar-refractivity contribution in [3.63, 3.8) is 0 Å². The SMILES string of the molecule is CN(C)CCNc1nc(Nc2ccc(F)cc2)cc(-c2ccccc2)n1. The van der Waals surface area contributed by atoms with Crippen LogP contribution in [0.4, 0.5) is 21.8 Å². The Bertz CT molecular complexity index is 835. The van der Waals surface area contributed by atoms with Gasteiger partial charge in [0.1, 0.15) is 11.6 Å². The lowest BCUT2D eigenvalue weighted by molar-refractivity contribution is 0.425. The van der Waals surface area contributed by atoms with E-state index in [9.17, 15) is 4.39 Å². The summed E-state index contributed by atoms with van der Waals surface area (Å²) in [5.41, 5.74) is 2.59. The molecule has 3 aromatic rings. The Kier molecular flexibility index (Phi) is 5.76. The van der Waals surface area contributed by atoms with Gasteiger partial charge in [-0.1, -0.05) is 30.3 Å². The minimum Gasteiger partial charge on any atom is -0.353 e. The van der Waals surface area contributed by atoms with E-state index in [-0.39, 0.29) is 5.82 Å². The smallest absolute Gasteiger partial charge is 0.225 e. The van der Waals surface area contributed by atoms with Crippen LogP contribution < -0.4 is 10.6 Å². The van der Waals surface area contributed by atoms with Crippen LogP contribution in [0.15, 0.2) is 60.7 Å². The number of anilines is 3. The van der Waals surface area contributed by atoms with E-state index in [4.69, 9.17) is 0 Å². The molecule has 0 atom stereocenters. The van der Waals surface area contributed by atoms with Crippen LogP contribution in [0.3, 0.4) is 0 Å². The van der Waals surface area contributed by atoms with Gasteiger partial charge in [-0.3, -0.25) is 0 Å². The molecule has 26 heavy (non-hydrogen) atoms. The van der Waals surface area contributed by atoms with Crippen LogP contribution in [0.2, 0.25) is 0 Å². The number of nitrogens with one attached hydrogen (secondary N) is 2. The van der Waals surface area contributed by atoms with E-state index in [0.29, 0.717) is 11.8 Å². The normalized spacial score (nSPS) is 10.8. The van der Waals surface area contributed by atoms with Crippen molar-refractivity contribution in [3.05, 3.63) is 66.5 Å². The van der Waals surface area contributed by atoms with E-state index in [0.717, 1.165) is 30.0 Å². The number of benzene rings is 2. The monoisotopic (exact) mass is 351 g/mol. The van der Waals surface area contributed by atoms with E-state index >= 15 is 0 Å². The van der Waals surface area contributed by atoms with Gasteiger partial charge in [-0.2, -0.15) is 4.98 Å². The maximum Gasteiger partial charge on any atom is 0.225 e. The lowest BCUT2D eigenvalue weighted by Gasteiger charge is -2.13. The molecule has 0 unspecified atom stereocenters. The number of rotatable bonds is 7. The van der Waals surface area contributed by atoms with Crippen molar-refractivity contribution >= 4 is 17.5 Å². The quantitative estimate of drug-likeness (QED) is 0.674. The van der Waals surface area contributed by atoms with Gasteiger partial charge in [0, 0.05) is 30.4 Å². The third kappa shape index (κ3) is 5.00. The number of hydrogen-bond donors (Lipinski definition) is 2. The Morgan fingerprint density at radius 2 is 1.69 bits per heavy atom. The first-order valence-electron chi connectivity index (χ1n) is 8.46. The summed E-state index contributed by atoms with van der Waals surface area (Å²) >= 11 is 0. The molecule has 1 aromatic heterocycles. The molecule has 2 N–H and O–H groups in total. The van der Waals surface area contributed by atoms with Gasteiger partial charge in [0.2, 0.25) is 5.95 Å². The Labute approximate surface area is 152 Å². The Morgan fingerprint density at radius 1 is 0.962 bits per heavy atom. The van der Waals surface area contributed by atoms with Crippen LogP contribution in [-0.4, -0.2) is 42.1 Å². The summed E-state index contributed by atoms with van der Waals surface area (Å²) < 4.78 is 13.1. The Morgan fingerprint density at radius 3 is 2.38 bits per heavy atom. The third-order valence-electron chi connectivity index (χ3n) is 3.75. The van der Waals surface area contributed by atoms with Gasteiger partial charge in [-0.05, 0) is 38.4 Å². The summed E-state index contributed by atoms with van der Waals surface area (Å²) in [7, 11) is 4.04. The van der Waals surface area contributed by atoms with E-state index in [2.05, 4.69) is 25.5 Å². The fourth-order valence-electron chi connectivity index (χ4n) is 2.42. The second-order valence-corrected chi connectivity index (χ2v) is 6.19. The molecule has 0 aliphatic heterocycles. The summed E-state index contributed by atoms with van der Waals surface area (Å²) in [5.74, 6) is 0.935. The molecule has 0 aliphatic carbocycles. The summed E-state index contributed by atoms with van der Waals surface area (Å²) in [6.45, 7) is 1.61. The third-order valence-corrected chi connectivity index (χ3v) is 3.75. The molecule has 0 fully saturated rings. The maximum absolute atomic E-state index is 13.1. The van der Waals surface area contributed by atoms with Gasteiger partial charge in [0.15, 0.2) is 0 Å². The molecule has 5 nitrogen and oxygen atoms in total. The largest absolute Gasteiger partial charge is 0.353 e. The second kappa shape index (κ2) is 8.40. The molecule has 0 saturated heterocycles. The van der Waals surface area contributed by atoms with Crippen molar-refractivity contribution in [2.75, 3.05) is 37.8 Å². The van der Waals surface area contributed by atoms with Gasteiger partial charge in [-0.15, -0.1) is 0 Å². The molecule has 0 bridgehead atoms. The number of halogens is 1. The topological polar surface area (TPSA) is 53.1 Å². The summed E-state index contributed by atoms with van der Waals surface area (Å²) in [6.07, 6.45) is 0. The summed E-state index contributed by atoms with van der Waals surface area (Å²) in [6, 6.07) is 18.0. The van der Waals surface area contributed by atoms with Crippen molar-refractivity contribution in [1.29, 1.82) is 0 Å². The second-order valence-electron chi connectivity index (χ2n) is 6.19. The van der Waals surface area contributed by atoms with Gasteiger partial charge in [-0.25, -0.2) is 9.37 Å². The summed E-state index contributed by atoms with van der Waals surface area (Å²) in [4.78, 5) is 11.2. The first kappa shape index (κ1) is 17.8. The average molecular weight is 351 g/mol. The van der Waals surface area contributed by atoms with Crippen LogP contribution in [-0.2, 0) is 0 Å². The highest BCUT2D eigenvalue weighted by Gasteiger charge is 2.07. The first-order chi connectivity index (χ1) is 12.6. The minimum atomic E-state index is -0.269. The molecule has 1 heterocycles. The first-order valence-corrected chi connectivity index (χ1v) is 8.46. The average Bonchev–Trinajstić information content (AvgIpc) is 2.64. The predicted molar refractivity (Wildman–Crippen MR) is 104 cm³/mol. The van der Waals surface area contributed by atoms with Crippen molar-refractivity contribution in [1.82, 2.24) is 14.9 Å². The molecule has 3 rings (SSSR count). The zero-order chi connectivity index (χ0) is 18.4. The highest BCUT2D eigenvalue weighted by atomic mass is 19.1. The molecule has 2 aromatic carbocycles. The van der Waals surface area contributed by atoms with Gasteiger partial charge in [0.05, 0.1) is 5.69 Å². The number of aromatic nitrogens is 2. The highest BCUT2D eigenvalue weighted by molar-refractivity contribution is 5.67. The summed E-state index contributed by atoms with van der Waals surface area (Å²) in [5, 5.41) is 6.47. The van der Waals surface area contributed by atoms with Crippen LogP contribution in [0.1, 0.15) is 0 Å². The Hall–Kier alpha value is -2.99. The lowest BCUT2D eigenvalue weighted by Crippen LogP contribution is -2.21. The van der Waals surface area contributed by atoms with Crippen LogP contribution >= 0.6 is 0 Å². The van der Waals surface area contributed by atoms with Crippen LogP contribution in [0.5, 0.6) is 0 Å². The minimum absolute atomic E-state index is 0.269. The highest BCUT2D eigenvalue weighted by Crippen LogP contribution is 2.23. The van der Waals surface area contributed by atoms with Crippen molar-refractivity contribution in [2.45, 2.75) is 0 Å². The maximum atomic E-state index is 13.1. The van der Waals surface area contributed by atoms with E-state index < -0.39 is 0 Å². The molecule has 6 heteroatoms. The molecule has 0 saturated carbocycles. The molecule has 0 aliphatic rings. The van der Waals surface area contributed by atoms with Crippen molar-refractivity contribution < 1.29 is 4.39 Å². The Balaban J connectivity index is 1.87. The van der Waals surface area contributed by atoms with Crippen LogP contribution in [0.25, 0.3) is 11.3 Å². The van der Waals surface area contributed by atoms with Crippen molar-refractivity contribution in [3.8, 4) is 11.3 Å². The van der Waals surface area contributed by atoms with Gasteiger partial charge in [0.25, 0.3) is 0 Å². The molecular weight excluding hydrogens is 329 g/mol. The van der Waals surface area contributed by atoms with Crippen LogP contribution in [0, 0.1) is 5.82 Å². The predicted octanol–water partition coefficient (Wildman–Crippen LogP) is 4.00. The van der Waals surface area contributed by atoms with E-state index in [1.54, 1.807) is 12.1 Å². The zero-order valence-corrected chi connectivity index (χ0v) is 14.9. The lowest BCUT2D eigenvalue weighted by atomic mass is 10.1. The molecule has 0 radical (unpaired) electrons. The molecule has 0 spiro atoms. The molecule has 0 amide bonds. The van der Waals surface area contributed by atoms with Gasteiger partial charge < -0.3 is 15.5 Å².